The number of nitrogens with zero attached hydrogens (tertiary/aromatic N) is 2. The summed E-state index contributed by atoms with van der Waals surface area (Å²) in [4.78, 5) is 6.72. The van der Waals surface area contributed by atoms with Crippen LogP contribution in [0.5, 0.6) is 0 Å². The second-order valence-electron chi connectivity index (χ2n) is 5.98. The highest BCUT2D eigenvalue weighted by Gasteiger charge is 2.21. The van der Waals surface area contributed by atoms with Gasteiger partial charge in [0.2, 0.25) is 0 Å². The van der Waals surface area contributed by atoms with Crippen LogP contribution < -0.4 is 10.2 Å². The molecule has 1 fully saturated rings. The van der Waals surface area contributed by atoms with Gasteiger partial charge in [-0.3, -0.25) is 4.98 Å². The number of aromatic nitrogens is 1. The van der Waals surface area contributed by atoms with Crippen molar-refractivity contribution < 1.29 is 4.74 Å². The molecular weight excluding hydrogens is 250 g/mol. The first kappa shape index (κ1) is 15.3. The zero-order chi connectivity index (χ0) is 14.4. The van der Waals surface area contributed by atoms with Gasteiger partial charge in [0.05, 0.1) is 18.0 Å². The monoisotopic (exact) mass is 277 g/mol. The molecule has 2 heterocycles. The van der Waals surface area contributed by atoms with Crippen molar-refractivity contribution in [3.05, 3.63) is 24.0 Å². The highest BCUT2D eigenvalue weighted by Crippen LogP contribution is 2.24. The maximum absolute atomic E-state index is 5.52. The number of hydrogen-bond donors (Lipinski definition) is 1. The Balaban J connectivity index is 2.03. The van der Waals surface area contributed by atoms with E-state index in [0.29, 0.717) is 12.0 Å². The molecule has 4 heteroatoms. The Hall–Kier alpha value is -1.13. The smallest absolute Gasteiger partial charge is 0.0746 e. The second-order valence-corrected chi connectivity index (χ2v) is 5.98. The molecule has 0 bridgehead atoms. The van der Waals surface area contributed by atoms with Crippen molar-refractivity contribution in [3.63, 3.8) is 0 Å². The number of rotatable bonds is 6. The first-order valence-electron chi connectivity index (χ1n) is 7.62. The van der Waals surface area contributed by atoms with Crippen molar-refractivity contribution >= 4 is 5.69 Å². The van der Waals surface area contributed by atoms with E-state index < -0.39 is 0 Å². The van der Waals surface area contributed by atoms with Gasteiger partial charge >= 0.3 is 0 Å². The molecule has 1 aliphatic heterocycles. The van der Waals surface area contributed by atoms with E-state index in [4.69, 9.17) is 4.74 Å². The SMILES string of the molecule is COC1CCCN(c2cnccc2CNCC(C)C)C1. The van der Waals surface area contributed by atoms with Gasteiger partial charge in [-0.05, 0) is 36.9 Å². The maximum Gasteiger partial charge on any atom is 0.0746 e. The Labute approximate surface area is 122 Å². The lowest BCUT2D eigenvalue weighted by atomic mass is 10.1. The summed E-state index contributed by atoms with van der Waals surface area (Å²) in [5, 5.41) is 3.52. The number of pyridine rings is 1. The first-order valence-corrected chi connectivity index (χ1v) is 7.62. The zero-order valence-corrected chi connectivity index (χ0v) is 12.9. The van der Waals surface area contributed by atoms with Crippen LogP contribution in [-0.4, -0.2) is 37.8 Å². The van der Waals surface area contributed by atoms with Gasteiger partial charge in [0.15, 0.2) is 0 Å². The van der Waals surface area contributed by atoms with Crippen molar-refractivity contribution in [2.75, 3.05) is 31.6 Å². The van der Waals surface area contributed by atoms with Crippen LogP contribution in [0.15, 0.2) is 18.5 Å². The maximum atomic E-state index is 5.52. The van der Waals surface area contributed by atoms with Crippen LogP contribution in [0.4, 0.5) is 5.69 Å². The summed E-state index contributed by atoms with van der Waals surface area (Å²) in [5.41, 5.74) is 2.59. The fourth-order valence-corrected chi connectivity index (χ4v) is 2.69. The molecule has 0 spiro atoms. The lowest BCUT2D eigenvalue weighted by molar-refractivity contribution is 0.0893. The molecule has 1 N–H and O–H groups in total. The van der Waals surface area contributed by atoms with Gasteiger partial charge in [0.1, 0.15) is 0 Å². The number of hydrogen-bond acceptors (Lipinski definition) is 4. The van der Waals surface area contributed by atoms with E-state index in [0.717, 1.165) is 32.6 Å². The van der Waals surface area contributed by atoms with Gasteiger partial charge in [-0.25, -0.2) is 0 Å². The third-order valence-corrected chi connectivity index (χ3v) is 3.81. The van der Waals surface area contributed by atoms with Gasteiger partial charge < -0.3 is 15.0 Å². The van der Waals surface area contributed by atoms with Crippen molar-refractivity contribution in [1.82, 2.24) is 10.3 Å². The number of nitrogens with one attached hydrogen (secondary N) is 1. The molecule has 2 rings (SSSR count). The van der Waals surface area contributed by atoms with E-state index in [2.05, 4.69) is 35.1 Å². The molecular formula is C16H27N3O. The van der Waals surface area contributed by atoms with E-state index in [1.54, 1.807) is 0 Å². The van der Waals surface area contributed by atoms with Crippen LogP contribution in [0, 0.1) is 5.92 Å². The lowest BCUT2D eigenvalue weighted by Crippen LogP contribution is -2.40. The van der Waals surface area contributed by atoms with Gasteiger partial charge in [-0.1, -0.05) is 13.8 Å². The summed E-state index contributed by atoms with van der Waals surface area (Å²) in [7, 11) is 1.81. The molecule has 112 valence electrons. The number of piperidine rings is 1. The second kappa shape index (κ2) is 7.60. The summed E-state index contributed by atoms with van der Waals surface area (Å²) < 4.78 is 5.52. The summed E-state index contributed by atoms with van der Waals surface area (Å²) >= 11 is 0. The van der Waals surface area contributed by atoms with Crippen LogP contribution in [0.1, 0.15) is 32.3 Å². The molecule has 0 aliphatic carbocycles. The third-order valence-electron chi connectivity index (χ3n) is 3.81. The van der Waals surface area contributed by atoms with Crippen molar-refractivity contribution in [2.45, 2.75) is 39.3 Å². The number of ether oxygens (including phenoxy) is 1. The van der Waals surface area contributed by atoms with Gasteiger partial charge in [-0.2, -0.15) is 0 Å². The van der Waals surface area contributed by atoms with Crippen LogP contribution in [0.25, 0.3) is 0 Å². The van der Waals surface area contributed by atoms with Crippen molar-refractivity contribution in [1.29, 1.82) is 0 Å². The summed E-state index contributed by atoms with van der Waals surface area (Å²) in [6, 6.07) is 2.12. The Morgan fingerprint density at radius 3 is 3.10 bits per heavy atom. The number of methoxy groups -OCH3 is 1. The third kappa shape index (κ3) is 4.18. The van der Waals surface area contributed by atoms with Crippen molar-refractivity contribution in [3.8, 4) is 0 Å². The van der Waals surface area contributed by atoms with Gasteiger partial charge in [0, 0.05) is 32.9 Å². The van der Waals surface area contributed by atoms with E-state index in [-0.39, 0.29) is 0 Å². The molecule has 1 aliphatic rings. The van der Waals surface area contributed by atoms with Gasteiger partial charge in [-0.15, -0.1) is 0 Å². The molecule has 1 aromatic heterocycles. The summed E-state index contributed by atoms with van der Waals surface area (Å²) in [5.74, 6) is 0.674. The fourth-order valence-electron chi connectivity index (χ4n) is 2.69. The molecule has 4 nitrogen and oxygen atoms in total. The predicted octanol–water partition coefficient (Wildman–Crippen LogP) is 2.44. The minimum Gasteiger partial charge on any atom is -0.380 e. The molecule has 1 atom stereocenters. The van der Waals surface area contributed by atoms with E-state index in [1.807, 2.05) is 19.5 Å². The average molecular weight is 277 g/mol. The predicted molar refractivity (Wildman–Crippen MR) is 83.0 cm³/mol. The average Bonchev–Trinajstić information content (AvgIpc) is 2.47. The molecule has 0 saturated carbocycles. The van der Waals surface area contributed by atoms with E-state index in [1.165, 1.54) is 17.7 Å². The molecule has 0 aromatic carbocycles. The highest BCUT2D eigenvalue weighted by atomic mass is 16.5. The summed E-state index contributed by atoms with van der Waals surface area (Å²) in [6.07, 6.45) is 6.57. The fraction of sp³-hybridized carbons (Fsp3) is 0.688. The Morgan fingerprint density at radius 1 is 1.50 bits per heavy atom. The van der Waals surface area contributed by atoms with Crippen LogP contribution in [0.3, 0.4) is 0 Å². The molecule has 0 amide bonds. The normalized spacial score (nSPS) is 19.6. The van der Waals surface area contributed by atoms with Crippen LogP contribution in [-0.2, 0) is 11.3 Å². The molecule has 20 heavy (non-hydrogen) atoms. The summed E-state index contributed by atoms with van der Waals surface area (Å²) in [6.45, 7) is 8.48. The highest BCUT2D eigenvalue weighted by molar-refractivity contribution is 5.52. The van der Waals surface area contributed by atoms with Crippen LogP contribution in [0.2, 0.25) is 0 Å². The Kier molecular flexibility index (Phi) is 5.80. The molecule has 1 unspecified atom stereocenters. The standard InChI is InChI=1S/C16H27N3O/c1-13(2)9-18-10-14-6-7-17-11-16(14)19-8-4-5-15(12-19)20-3/h6-7,11,13,15,18H,4-5,8-10,12H2,1-3H3. The minimum absolute atomic E-state index is 0.348. The van der Waals surface area contributed by atoms with E-state index >= 15 is 0 Å². The first-order chi connectivity index (χ1) is 9.70. The molecule has 0 radical (unpaired) electrons. The minimum atomic E-state index is 0.348. The quantitative estimate of drug-likeness (QED) is 0.866. The van der Waals surface area contributed by atoms with Crippen LogP contribution >= 0.6 is 0 Å². The van der Waals surface area contributed by atoms with Gasteiger partial charge in [0.25, 0.3) is 0 Å². The Bertz CT molecular complexity index is 408. The largest absolute Gasteiger partial charge is 0.380 e. The van der Waals surface area contributed by atoms with E-state index in [9.17, 15) is 0 Å². The lowest BCUT2D eigenvalue weighted by Gasteiger charge is -2.34. The molecule has 1 aromatic rings. The molecule has 1 saturated heterocycles. The zero-order valence-electron chi connectivity index (χ0n) is 12.9. The Morgan fingerprint density at radius 2 is 2.35 bits per heavy atom. The topological polar surface area (TPSA) is 37.4 Å². The van der Waals surface area contributed by atoms with Crippen molar-refractivity contribution in [2.24, 2.45) is 5.92 Å². The number of anilines is 1.